The number of nitrogens with one attached hydrogen (secondary N) is 1. The molecule has 3 aromatic rings. The zero-order valence-electron chi connectivity index (χ0n) is 11.3. The van der Waals surface area contributed by atoms with Crippen LogP contribution in [0.3, 0.4) is 0 Å². The summed E-state index contributed by atoms with van der Waals surface area (Å²) in [7, 11) is 0. The van der Waals surface area contributed by atoms with Gasteiger partial charge in [0.25, 0.3) is 0 Å². The van der Waals surface area contributed by atoms with E-state index < -0.39 is 5.82 Å². The summed E-state index contributed by atoms with van der Waals surface area (Å²) in [6.07, 6.45) is 1.04. The number of pyridine rings is 1. The van der Waals surface area contributed by atoms with Crippen molar-refractivity contribution in [3.05, 3.63) is 57.0 Å². The quantitative estimate of drug-likeness (QED) is 0.705. The van der Waals surface area contributed by atoms with Crippen molar-refractivity contribution in [2.75, 3.05) is 5.32 Å². The van der Waals surface area contributed by atoms with E-state index in [-0.39, 0.29) is 11.7 Å². The number of halogens is 4. The van der Waals surface area contributed by atoms with Gasteiger partial charge in [0.1, 0.15) is 11.0 Å². The number of tetrazole rings is 1. The van der Waals surface area contributed by atoms with Crippen LogP contribution in [0.15, 0.2) is 30.5 Å². The summed E-state index contributed by atoms with van der Waals surface area (Å²) in [4.78, 5) is 3.74. The van der Waals surface area contributed by atoms with Crippen molar-refractivity contribution in [3.63, 3.8) is 0 Å². The first-order chi connectivity index (χ1) is 11.1. The van der Waals surface area contributed by atoms with Crippen molar-refractivity contribution in [1.82, 2.24) is 25.2 Å². The zero-order valence-corrected chi connectivity index (χ0v) is 13.6. The van der Waals surface area contributed by atoms with E-state index in [1.165, 1.54) is 10.7 Å². The highest BCUT2D eigenvalue weighted by Crippen LogP contribution is 2.29. The molecule has 0 atom stereocenters. The Kier molecular flexibility index (Phi) is 4.61. The molecule has 2 heterocycles. The van der Waals surface area contributed by atoms with Gasteiger partial charge in [-0.05, 0) is 28.6 Å². The lowest BCUT2D eigenvalue weighted by molar-refractivity contribution is 0.619. The minimum atomic E-state index is -0.483. The molecule has 118 valence electrons. The van der Waals surface area contributed by atoms with Crippen LogP contribution in [0.2, 0.25) is 15.2 Å². The molecule has 0 saturated heterocycles. The Morgan fingerprint density at radius 3 is 2.87 bits per heavy atom. The standard InChI is InChI=1S/C13H8Cl3FN6/c14-9-2-1-3-10(11(9)15)23-13(20-21-22-23)19-5-7-4-8(17)6-18-12(7)16/h1-4,6H,5H2,(H,19,20,22). The largest absolute Gasteiger partial charge is 0.349 e. The number of anilines is 1. The number of rotatable bonds is 4. The lowest BCUT2D eigenvalue weighted by atomic mass is 10.3. The molecule has 0 aliphatic heterocycles. The summed E-state index contributed by atoms with van der Waals surface area (Å²) >= 11 is 18.1. The molecule has 1 N–H and O–H groups in total. The first kappa shape index (κ1) is 15.9. The average Bonchev–Trinajstić information content (AvgIpc) is 2.99. The van der Waals surface area contributed by atoms with Gasteiger partial charge in [0.15, 0.2) is 0 Å². The van der Waals surface area contributed by atoms with Gasteiger partial charge in [-0.1, -0.05) is 46.0 Å². The van der Waals surface area contributed by atoms with Crippen LogP contribution in [-0.4, -0.2) is 25.2 Å². The van der Waals surface area contributed by atoms with E-state index in [0.717, 1.165) is 6.20 Å². The minimum absolute atomic E-state index is 0.183. The summed E-state index contributed by atoms with van der Waals surface area (Å²) < 4.78 is 14.6. The van der Waals surface area contributed by atoms with E-state index in [2.05, 4.69) is 25.8 Å². The third-order valence-electron chi connectivity index (χ3n) is 2.94. The fourth-order valence-corrected chi connectivity index (χ4v) is 2.42. The molecule has 0 amide bonds. The van der Waals surface area contributed by atoms with Crippen LogP contribution in [0.4, 0.5) is 10.3 Å². The second-order valence-corrected chi connectivity index (χ2v) is 5.59. The van der Waals surface area contributed by atoms with Crippen LogP contribution < -0.4 is 5.32 Å². The van der Waals surface area contributed by atoms with Gasteiger partial charge < -0.3 is 5.32 Å². The molecular formula is C13H8Cl3FN6. The van der Waals surface area contributed by atoms with Gasteiger partial charge in [-0.3, -0.25) is 0 Å². The van der Waals surface area contributed by atoms with Crippen LogP contribution in [0.5, 0.6) is 0 Å². The second-order valence-electron chi connectivity index (χ2n) is 4.44. The highest BCUT2D eigenvalue weighted by atomic mass is 35.5. The van der Waals surface area contributed by atoms with E-state index in [0.29, 0.717) is 27.2 Å². The average molecular weight is 374 g/mol. The number of hydrogen-bond donors (Lipinski definition) is 1. The Morgan fingerprint density at radius 2 is 2.04 bits per heavy atom. The SMILES string of the molecule is Fc1cnc(Cl)c(CNc2nnnn2-c2cccc(Cl)c2Cl)c1. The predicted molar refractivity (Wildman–Crippen MR) is 85.7 cm³/mol. The van der Waals surface area contributed by atoms with Crippen LogP contribution in [0, 0.1) is 5.82 Å². The fraction of sp³-hybridized carbons (Fsp3) is 0.0769. The molecule has 0 fully saturated rings. The van der Waals surface area contributed by atoms with E-state index in [9.17, 15) is 4.39 Å². The molecule has 0 saturated carbocycles. The first-order valence-corrected chi connectivity index (χ1v) is 7.46. The third-order valence-corrected chi connectivity index (χ3v) is 4.09. The molecule has 0 unspecified atom stereocenters. The smallest absolute Gasteiger partial charge is 0.248 e. The minimum Gasteiger partial charge on any atom is -0.349 e. The van der Waals surface area contributed by atoms with Crippen molar-refractivity contribution in [3.8, 4) is 5.69 Å². The number of hydrogen-bond acceptors (Lipinski definition) is 5. The van der Waals surface area contributed by atoms with E-state index in [1.807, 2.05) is 0 Å². The van der Waals surface area contributed by atoms with Gasteiger partial charge >= 0.3 is 0 Å². The number of aromatic nitrogens is 5. The Bertz CT molecular complexity index is 853. The predicted octanol–water partition coefficient (Wildman–Crippen LogP) is 3.77. The van der Waals surface area contributed by atoms with Gasteiger partial charge in [0.2, 0.25) is 5.95 Å². The molecule has 1 aromatic carbocycles. The zero-order chi connectivity index (χ0) is 16.4. The second kappa shape index (κ2) is 6.66. The monoisotopic (exact) mass is 372 g/mol. The summed E-state index contributed by atoms with van der Waals surface area (Å²) in [5, 5.41) is 15.2. The molecule has 0 radical (unpaired) electrons. The molecule has 0 aliphatic carbocycles. The van der Waals surface area contributed by atoms with Gasteiger partial charge in [0.05, 0.1) is 21.9 Å². The van der Waals surface area contributed by atoms with Gasteiger partial charge in [-0.25, -0.2) is 9.37 Å². The lowest BCUT2D eigenvalue weighted by Crippen LogP contribution is -2.08. The van der Waals surface area contributed by atoms with Crippen molar-refractivity contribution < 1.29 is 4.39 Å². The maximum Gasteiger partial charge on any atom is 0.248 e. The van der Waals surface area contributed by atoms with Crippen LogP contribution in [0.1, 0.15) is 5.56 Å². The third kappa shape index (κ3) is 3.36. The van der Waals surface area contributed by atoms with Crippen molar-refractivity contribution >= 4 is 40.8 Å². The summed E-state index contributed by atoms with van der Waals surface area (Å²) in [5.74, 6) is -0.182. The summed E-state index contributed by atoms with van der Waals surface area (Å²) in [6.45, 7) is 0.183. The summed E-state index contributed by atoms with van der Waals surface area (Å²) in [5.41, 5.74) is 0.980. The Labute approximate surface area is 145 Å². The summed E-state index contributed by atoms with van der Waals surface area (Å²) in [6, 6.07) is 6.38. The molecule has 23 heavy (non-hydrogen) atoms. The van der Waals surface area contributed by atoms with Crippen molar-refractivity contribution in [2.24, 2.45) is 0 Å². The number of benzene rings is 1. The van der Waals surface area contributed by atoms with Crippen molar-refractivity contribution in [2.45, 2.75) is 6.54 Å². The van der Waals surface area contributed by atoms with Crippen LogP contribution in [-0.2, 0) is 6.54 Å². The molecule has 0 bridgehead atoms. The first-order valence-electron chi connectivity index (χ1n) is 6.33. The molecule has 0 spiro atoms. The normalized spacial score (nSPS) is 10.8. The fourth-order valence-electron chi connectivity index (χ4n) is 1.88. The van der Waals surface area contributed by atoms with Crippen molar-refractivity contribution in [1.29, 1.82) is 0 Å². The highest BCUT2D eigenvalue weighted by Gasteiger charge is 2.14. The van der Waals surface area contributed by atoms with E-state index >= 15 is 0 Å². The molecular weight excluding hydrogens is 366 g/mol. The van der Waals surface area contributed by atoms with Crippen LogP contribution in [0.25, 0.3) is 5.69 Å². The molecule has 0 aliphatic rings. The van der Waals surface area contributed by atoms with E-state index in [1.54, 1.807) is 18.2 Å². The lowest BCUT2D eigenvalue weighted by Gasteiger charge is -2.09. The number of nitrogens with zero attached hydrogens (tertiary/aromatic N) is 5. The Hall–Kier alpha value is -1.96. The molecule has 3 rings (SSSR count). The highest BCUT2D eigenvalue weighted by molar-refractivity contribution is 6.43. The Morgan fingerprint density at radius 1 is 1.22 bits per heavy atom. The Balaban J connectivity index is 1.87. The van der Waals surface area contributed by atoms with Gasteiger partial charge in [-0.2, -0.15) is 4.68 Å². The molecule has 2 aromatic heterocycles. The molecule has 10 heteroatoms. The molecule has 6 nitrogen and oxygen atoms in total. The topological polar surface area (TPSA) is 68.5 Å². The van der Waals surface area contributed by atoms with Crippen LogP contribution >= 0.6 is 34.8 Å². The maximum absolute atomic E-state index is 13.2. The maximum atomic E-state index is 13.2. The van der Waals surface area contributed by atoms with E-state index in [4.69, 9.17) is 34.8 Å². The van der Waals surface area contributed by atoms with Gasteiger partial charge in [0, 0.05) is 12.1 Å². The van der Waals surface area contributed by atoms with Gasteiger partial charge in [-0.15, -0.1) is 0 Å².